The maximum absolute atomic E-state index is 13.0. The van der Waals surface area contributed by atoms with Gasteiger partial charge in [-0.3, -0.25) is 4.90 Å². The van der Waals surface area contributed by atoms with E-state index < -0.39 is 11.8 Å². The van der Waals surface area contributed by atoms with Crippen molar-refractivity contribution >= 4 is 11.8 Å². The fraction of sp³-hybridized carbons (Fsp3) is 0.462. The second kappa shape index (κ2) is 11.1. The minimum atomic E-state index is -2.51. The van der Waals surface area contributed by atoms with Gasteiger partial charge >= 0.3 is 0 Å². The average Bonchev–Trinajstić information content (AvgIpc) is 3.40. The van der Waals surface area contributed by atoms with E-state index in [1.165, 1.54) is 22.3 Å². The lowest BCUT2D eigenvalue weighted by Gasteiger charge is -2.29. The Morgan fingerprint density at radius 1 is 1.16 bits per heavy atom. The molecule has 1 saturated carbocycles. The Morgan fingerprint density at radius 2 is 1.84 bits per heavy atom. The summed E-state index contributed by atoms with van der Waals surface area (Å²) in [4.78, 5) is 2.46. The van der Waals surface area contributed by atoms with Gasteiger partial charge in [0.2, 0.25) is 0 Å². The minimum absolute atomic E-state index is 0.0365. The standard InChI is InChI=1S/C22H25F2NOS.C4H8/c1-27-15-17-4-2-16(3-5-17)12-25-9-8-18-10-21(7-6-19(18)13-25)26-14-20-11-22(20,23)24;1-3-4-2/h2-7,10,20H,8-9,11-15H2,1H3;3H,1,4H2,2H3. The summed E-state index contributed by atoms with van der Waals surface area (Å²) in [5.41, 5.74) is 5.30. The van der Waals surface area contributed by atoms with E-state index in [1.54, 1.807) is 0 Å². The third kappa shape index (κ3) is 7.08. The number of rotatable bonds is 8. The van der Waals surface area contributed by atoms with Crippen LogP contribution in [0.2, 0.25) is 0 Å². The Bertz CT molecular complexity index is 853. The molecule has 0 bridgehead atoms. The quantitative estimate of drug-likeness (QED) is 0.418. The maximum atomic E-state index is 13.0. The number of alkyl halides is 2. The zero-order valence-electron chi connectivity index (χ0n) is 18.6. The normalized spacial score (nSPS) is 19.0. The third-order valence-electron chi connectivity index (χ3n) is 5.70. The molecule has 0 amide bonds. The summed E-state index contributed by atoms with van der Waals surface area (Å²) in [6, 6.07) is 14.9. The highest BCUT2D eigenvalue weighted by molar-refractivity contribution is 7.97. The van der Waals surface area contributed by atoms with Crippen molar-refractivity contribution in [3.05, 3.63) is 77.4 Å². The van der Waals surface area contributed by atoms with Crippen LogP contribution < -0.4 is 4.74 Å². The van der Waals surface area contributed by atoms with Crippen LogP contribution in [0, 0.1) is 5.92 Å². The van der Waals surface area contributed by atoms with Crippen LogP contribution in [0.1, 0.15) is 42.0 Å². The van der Waals surface area contributed by atoms with Crippen molar-refractivity contribution in [1.29, 1.82) is 0 Å². The van der Waals surface area contributed by atoms with E-state index in [9.17, 15) is 8.78 Å². The second-order valence-electron chi connectivity index (χ2n) is 8.31. The van der Waals surface area contributed by atoms with Gasteiger partial charge in [0.05, 0.1) is 12.5 Å². The number of benzene rings is 2. The number of fused-ring (bicyclic) bond motifs is 1. The molecule has 31 heavy (non-hydrogen) atoms. The number of nitrogens with zero attached hydrogens (tertiary/aromatic N) is 1. The fourth-order valence-corrected chi connectivity index (χ4v) is 4.15. The van der Waals surface area contributed by atoms with E-state index in [0.29, 0.717) is 5.75 Å². The predicted octanol–water partition coefficient (Wildman–Crippen LogP) is 6.72. The number of halogens is 2. The van der Waals surface area contributed by atoms with E-state index in [1.807, 2.05) is 30.0 Å². The summed E-state index contributed by atoms with van der Waals surface area (Å²) in [5, 5.41) is 0. The zero-order valence-corrected chi connectivity index (χ0v) is 19.4. The summed E-state index contributed by atoms with van der Waals surface area (Å²) < 4.78 is 31.5. The lowest BCUT2D eigenvalue weighted by molar-refractivity contribution is 0.0856. The van der Waals surface area contributed by atoms with Crippen LogP contribution in [-0.4, -0.2) is 30.2 Å². The van der Waals surface area contributed by atoms with Crippen molar-refractivity contribution < 1.29 is 13.5 Å². The van der Waals surface area contributed by atoms with Gasteiger partial charge < -0.3 is 4.74 Å². The third-order valence-corrected chi connectivity index (χ3v) is 6.33. The van der Waals surface area contributed by atoms with Crippen LogP contribution in [0.3, 0.4) is 0 Å². The number of allylic oxidation sites excluding steroid dienone is 1. The molecule has 2 aromatic carbocycles. The van der Waals surface area contributed by atoms with Crippen molar-refractivity contribution in [2.75, 3.05) is 19.4 Å². The Labute approximate surface area is 189 Å². The first-order valence-corrected chi connectivity index (χ1v) is 12.4. The molecule has 1 aliphatic carbocycles. The van der Waals surface area contributed by atoms with Gasteiger partial charge in [0.25, 0.3) is 5.92 Å². The van der Waals surface area contributed by atoms with Crippen LogP contribution in [0.25, 0.3) is 0 Å². The Hall–Kier alpha value is -1.85. The van der Waals surface area contributed by atoms with Gasteiger partial charge in [-0.1, -0.05) is 43.3 Å². The summed E-state index contributed by atoms with van der Waals surface area (Å²) in [6.45, 7) is 8.53. The van der Waals surface area contributed by atoms with Gasteiger partial charge in [0.15, 0.2) is 0 Å². The molecule has 0 spiro atoms. The molecule has 4 rings (SSSR count). The fourth-order valence-electron chi connectivity index (χ4n) is 3.63. The molecule has 5 heteroatoms. The molecule has 1 unspecified atom stereocenters. The van der Waals surface area contributed by atoms with E-state index >= 15 is 0 Å². The molecular weight excluding hydrogens is 412 g/mol. The first-order chi connectivity index (χ1) is 14.9. The monoisotopic (exact) mass is 445 g/mol. The highest BCUT2D eigenvalue weighted by Crippen LogP contribution is 2.48. The second-order valence-corrected chi connectivity index (χ2v) is 9.18. The molecule has 168 valence electrons. The molecule has 1 atom stereocenters. The SMILES string of the molecule is C=CCC.CSCc1ccc(CN2CCc3cc(OCC4CC4(F)F)ccc3C2)cc1. The zero-order chi connectivity index (χ0) is 22.3. The van der Waals surface area contributed by atoms with Crippen LogP contribution in [0.4, 0.5) is 8.78 Å². The van der Waals surface area contributed by atoms with Crippen molar-refractivity contribution in [2.45, 2.75) is 51.0 Å². The Balaban J connectivity index is 0.000000628. The number of ether oxygens (including phenoxy) is 1. The van der Waals surface area contributed by atoms with E-state index in [0.717, 1.165) is 38.2 Å². The van der Waals surface area contributed by atoms with E-state index in [2.05, 4.69) is 55.0 Å². The first kappa shape index (κ1) is 23.8. The molecule has 1 aliphatic heterocycles. The van der Waals surface area contributed by atoms with E-state index in [-0.39, 0.29) is 13.0 Å². The van der Waals surface area contributed by atoms with Crippen molar-refractivity contribution in [3.8, 4) is 5.75 Å². The molecular formula is C26H33F2NOS. The van der Waals surface area contributed by atoms with E-state index in [4.69, 9.17) is 4.74 Å². The molecule has 2 aromatic rings. The molecule has 1 heterocycles. The van der Waals surface area contributed by atoms with Gasteiger partial charge in [-0.05, 0) is 53.5 Å². The first-order valence-electron chi connectivity index (χ1n) is 11.0. The van der Waals surface area contributed by atoms with Crippen molar-refractivity contribution in [2.24, 2.45) is 5.92 Å². The molecule has 0 radical (unpaired) electrons. The van der Waals surface area contributed by atoms with Gasteiger partial charge in [0.1, 0.15) is 5.75 Å². The molecule has 2 nitrogen and oxygen atoms in total. The number of thioether (sulfide) groups is 1. The summed E-state index contributed by atoms with van der Waals surface area (Å²) >= 11 is 1.84. The highest BCUT2D eigenvalue weighted by atomic mass is 32.2. The smallest absolute Gasteiger partial charge is 0.255 e. The lowest BCUT2D eigenvalue weighted by Crippen LogP contribution is -2.30. The average molecular weight is 446 g/mol. The summed E-state index contributed by atoms with van der Waals surface area (Å²) in [6.07, 6.45) is 6.01. The predicted molar refractivity (Wildman–Crippen MR) is 127 cm³/mol. The molecule has 0 N–H and O–H groups in total. The minimum Gasteiger partial charge on any atom is -0.493 e. The Morgan fingerprint density at radius 3 is 2.45 bits per heavy atom. The van der Waals surface area contributed by atoms with Gasteiger partial charge in [-0.15, -0.1) is 6.58 Å². The molecule has 0 saturated heterocycles. The van der Waals surface area contributed by atoms with Crippen LogP contribution in [0.15, 0.2) is 55.1 Å². The number of hydrogen-bond donors (Lipinski definition) is 0. The summed E-state index contributed by atoms with van der Waals surface area (Å²) in [7, 11) is 0. The largest absolute Gasteiger partial charge is 0.493 e. The van der Waals surface area contributed by atoms with Gasteiger partial charge in [-0.25, -0.2) is 8.78 Å². The summed E-state index contributed by atoms with van der Waals surface area (Å²) in [5.74, 6) is -1.34. The van der Waals surface area contributed by atoms with Crippen LogP contribution >= 0.6 is 11.8 Å². The number of hydrogen-bond acceptors (Lipinski definition) is 3. The molecule has 2 aliphatic rings. The topological polar surface area (TPSA) is 12.5 Å². The van der Waals surface area contributed by atoms with Crippen LogP contribution in [-0.2, 0) is 25.3 Å². The molecule has 1 fully saturated rings. The maximum Gasteiger partial charge on any atom is 0.255 e. The van der Waals surface area contributed by atoms with Gasteiger partial charge in [-0.2, -0.15) is 11.8 Å². The van der Waals surface area contributed by atoms with Crippen LogP contribution in [0.5, 0.6) is 5.75 Å². The van der Waals surface area contributed by atoms with Crippen molar-refractivity contribution in [1.82, 2.24) is 4.90 Å². The lowest BCUT2D eigenvalue weighted by atomic mass is 9.99. The molecule has 0 aromatic heterocycles. The highest BCUT2D eigenvalue weighted by Gasteiger charge is 2.57. The van der Waals surface area contributed by atoms with Gasteiger partial charge in [0, 0.05) is 31.8 Å². The Kier molecular flexibility index (Phi) is 8.56. The van der Waals surface area contributed by atoms with Crippen molar-refractivity contribution in [3.63, 3.8) is 0 Å².